The summed E-state index contributed by atoms with van der Waals surface area (Å²) in [5.41, 5.74) is 3.27. The number of hydrogen-bond acceptors (Lipinski definition) is 6. The van der Waals surface area contributed by atoms with Gasteiger partial charge in [0.05, 0.1) is 17.7 Å². The zero-order chi connectivity index (χ0) is 22.7. The van der Waals surface area contributed by atoms with Crippen LogP contribution in [0, 0.1) is 13.8 Å². The zero-order valence-corrected chi connectivity index (χ0v) is 19.4. The van der Waals surface area contributed by atoms with Gasteiger partial charge in [0.2, 0.25) is 0 Å². The van der Waals surface area contributed by atoms with Crippen molar-refractivity contribution >= 4 is 39.2 Å². The minimum Gasteiger partial charge on any atom is -0.395 e. The van der Waals surface area contributed by atoms with Gasteiger partial charge in [-0.15, -0.1) is 11.3 Å². The topological polar surface area (TPSA) is 84.2 Å². The third-order valence-corrected chi connectivity index (χ3v) is 7.28. The van der Waals surface area contributed by atoms with Crippen LogP contribution >= 0.6 is 23.1 Å². The Balaban J connectivity index is 1.66. The first-order chi connectivity index (χ1) is 15.5. The van der Waals surface area contributed by atoms with Crippen LogP contribution in [0.4, 0.5) is 0 Å². The quantitative estimate of drug-likeness (QED) is 0.317. The number of carbonyl (C=O) groups is 1. The van der Waals surface area contributed by atoms with Gasteiger partial charge in [-0.3, -0.25) is 14.2 Å². The minimum absolute atomic E-state index is 0.0542. The van der Waals surface area contributed by atoms with E-state index in [1.165, 1.54) is 11.8 Å². The molecule has 4 rings (SSSR count). The van der Waals surface area contributed by atoms with Crippen LogP contribution in [0.25, 0.3) is 15.9 Å². The highest BCUT2D eigenvalue weighted by Gasteiger charge is 2.18. The number of carbonyl (C=O) groups excluding carboxylic acids is 1. The number of aromatic nitrogens is 2. The van der Waals surface area contributed by atoms with Gasteiger partial charge in [0.15, 0.2) is 5.16 Å². The van der Waals surface area contributed by atoms with Gasteiger partial charge in [0, 0.05) is 22.7 Å². The second-order valence-corrected chi connectivity index (χ2v) is 9.44. The molecule has 164 valence electrons. The summed E-state index contributed by atoms with van der Waals surface area (Å²) < 4.78 is 1.68. The number of nitrogens with zero attached hydrogens (tertiary/aromatic N) is 2. The maximum absolute atomic E-state index is 13.5. The van der Waals surface area contributed by atoms with Crippen LogP contribution in [0.3, 0.4) is 0 Å². The molecule has 0 spiro atoms. The molecule has 8 heteroatoms. The van der Waals surface area contributed by atoms with Gasteiger partial charge in [0.1, 0.15) is 4.83 Å². The number of thioether (sulfide) groups is 1. The lowest BCUT2D eigenvalue weighted by Crippen LogP contribution is -2.26. The number of fused-ring (bicyclic) bond motifs is 1. The van der Waals surface area contributed by atoms with Crippen molar-refractivity contribution in [2.45, 2.75) is 24.8 Å². The number of benzene rings is 2. The van der Waals surface area contributed by atoms with E-state index in [1.54, 1.807) is 28.0 Å². The number of hydrogen-bond donors (Lipinski definition) is 2. The smallest absolute Gasteiger partial charge is 0.267 e. The summed E-state index contributed by atoms with van der Waals surface area (Å²) in [4.78, 5) is 32.2. The number of aryl methyl sites for hydroxylation is 2. The molecule has 0 bridgehead atoms. The number of para-hydroxylation sites is 1. The van der Waals surface area contributed by atoms with Crippen LogP contribution in [0.5, 0.6) is 0 Å². The fourth-order valence-electron chi connectivity index (χ4n) is 3.35. The first-order valence-corrected chi connectivity index (χ1v) is 12.0. The average molecular weight is 466 g/mol. The molecule has 1 amide bonds. The SMILES string of the molecule is Cc1sc2nc(SCc3ccc(C(=O)NCCO)cc3)n(-c3ccccc3)c(=O)c2c1C. The Morgan fingerprint density at radius 3 is 2.53 bits per heavy atom. The summed E-state index contributed by atoms with van der Waals surface area (Å²) in [7, 11) is 0. The number of aliphatic hydroxyl groups is 1. The Kier molecular flexibility index (Phi) is 6.74. The Labute approximate surface area is 193 Å². The van der Waals surface area contributed by atoms with E-state index in [2.05, 4.69) is 5.32 Å². The molecule has 0 saturated carbocycles. The minimum atomic E-state index is -0.216. The van der Waals surface area contributed by atoms with Crippen molar-refractivity contribution in [3.8, 4) is 5.69 Å². The van der Waals surface area contributed by atoms with Gasteiger partial charge < -0.3 is 10.4 Å². The van der Waals surface area contributed by atoms with Crippen LogP contribution in [-0.2, 0) is 5.75 Å². The van der Waals surface area contributed by atoms with E-state index in [9.17, 15) is 9.59 Å². The third-order valence-electron chi connectivity index (χ3n) is 5.17. The number of rotatable bonds is 7. The molecule has 0 aliphatic rings. The summed E-state index contributed by atoms with van der Waals surface area (Å²) in [5.74, 6) is 0.388. The van der Waals surface area contributed by atoms with Crippen LogP contribution < -0.4 is 10.9 Å². The van der Waals surface area contributed by atoms with Crippen molar-refractivity contribution in [3.63, 3.8) is 0 Å². The predicted molar refractivity (Wildman–Crippen MR) is 130 cm³/mol. The van der Waals surface area contributed by atoms with Crippen molar-refractivity contribution in [1.29, 1.82) is 0 Å². The molecule has 0 saturated heterocycles. The summed E-state index contributed by atoms with van der Waals surface area (Å²) in [6, 6.07) is 16.9. The monoisotopic (exact) mass is 465 g/mol. The zero-order valence-electron chi connectivity index (χ0n) is 17.8. The van der Waals surface area contributed by atoms with Crippen molar-refractivity contribution in [2.24, 2.45) is 0 Å². The molecule has 2 aromatic heterocycles. The van der Waals surface area contributed by atoms with Crippen LogP contribution in [-0.4, -0.2) is 33.7 Å². The van der Waals surface area contributed by atoms with E-state index in [1.807, 2.05) is 56.3 Å². The fourth-order valence-corrected chi connectivity index (χ4v) is 5.39. The number of nitrogens with one attached hydrogen (secondary N) is 1. The maximum atomic E-state index is 13.5. The lowest BCUT2D eigenvalue weighted by Gasteiger charge is -2.12. The number of thiophene rings is 1. The molecule has 32 heavy (non-hydrogen) atoms. The highest BCUT2D eigenvalue weighted by molar-refractivity contribution is 7.98. The predicted octanol–water partition coefficient (Wildman–Crippen LogP) is 4.08. The largest absolute Gasteiger partial charge is 0.395 e. The van der Waals surface area contributed by atoms with Gasteiger partial charge in [-0.25, -0.2) is 4.98 Å². The molecule has 4 aromatic rings. The molecule has 0 radical (unpaired) electrons. The summed E-state index contributed by atoms with van der Waals surface area (Å²) in [5, 5.41) is 12.8. The van der Waals surface area contributed by atoms with E-state index in [4.69, 9.17) is 10.1 Å². The van der Waals surface area contributed by atoms with E-state index in [0.717, 1.165) is 26.5 Å². The van der Waals surface area contributed by atoms with Gasteiger partial charge in [-0.05, 0) is 49.2 Å². The van der Waals surface area contributed by atoms with Crippen molar-refractivity contribution in [3.05, 3.63) is 86.5 Å². The fraction of sp³-hybridized carbons (Fsp3) is 0.208. The first kappa shape index (κ1) is 22.3. The lowest BCUT2D eigenvalue weighted by molar-refractivity contribution is 0.0945. The Bertz CT molecular complexity index is 1310. The van der Waals surface area contributed by atoms with Crippen LogP contribution in [0.1, 0.15) is 26.4 Å². The molecule has 2 N–H and O–H groups in total. The highest BCUT2D eigenvalue weighted by atomic mass is 32.2. The lowest BCUT2D eigenvalue weighted by atomic mass is 10.1. The first-order valence-electron chi connectivity index (χ1n) is 10.2. The van der Waals surface area contributed by atoms with E-state index in [-0.39, 0.29) is 24.6 Å². The molecule has 6 nitrogen and oxygen atoms in total. The average Bonchev–Trinajstić information content (AvgIpc) is 3.10. The van der Waals surface area contributed by atoms with Crippen molar-refractivity contribution in [2.75, 3.05) is 13.2 Å². The van der Waals surface area contributed by atoms with Crippen LogP contribution in [0.15, 0.2) is 64.5 Å². The van der Waals surface area contributed by atoms with E-state index < -0.39 is 0 Å². The molecule has 0 aliphatic heterocycles. The third kappa shape index (κ3) is 4.48. The Morgan fingerprint density at radius 2 is 1.84 bits per heavy atom. The van der Waals surface area contributed by atoms with Gasteiger partial charge in [-0.1, -0.05) is 42.1 Å². The van der Waals surface area contributed by atoms with E-state index in [0.29, 0.717) is 21.9 Å². The summed E-state index contributed by atoms with van der Waals surface area (Å²) in [6.45, 7) is 4.12. The number of aliphatic hydroxyl groups excluding tert-OH is 1. The molecule has 0 fully saturated rings. The standard InChI is InChI=1S/C24H23N3O3S2/c1-15-16(2)32-22-20(15)23(30)27(19-6-4-3-5-7-19)24(26-22)31-14-17-8-10-18(11-9-17)21(29)25-12-13-28/h3-11,28H,12-14H2,1-2H3,(H,25,29). The molecular formula is C24H23N3O3S2. The van der Waals surface area contributed by atoms with Crippen LogP contribution in [0.2, 0.25) is 0 Å². The summed E-state index contributed by atoms with van der Waals surface area (Å²) in [6.07, 6.45) is 0. The Hall–Kier alpha value is -2.94. The second kappa shape index (κ2) is 9.68. The molecule has 2 aromatic carbocycles. The molecular weight excluding hydrogens is 442 g/mol. The normalized spacial score (nSPS) is 11.1. The molecule has 0 unspecified atom stereocenters. The number of amides is 1. The van der Waals surface area contributed by atoms with Crippen molar-refractivity contribution in [1.82, 2.24) is 14.9 Å². The summed E-state index contributed by atoms with van der Waals surface area (Å²) >= 11 is 3.04. The maximum Gasteiger partial charge on any atom is 0.267 e. The molecule has 0 atom stereocenters. The van der Waals surface area contributed by atoms with Gasteiger partial charge in [-0.2, -0.15) is 0 Å². The molecule has 2 heterocycles. The van der Waals surface area contributed by atoms with Crippen molar-refractivity contribution < 1.29 is 9.90 Å². The highest BCUT2D eigenvalue weighted by Crippen LogP contribution is 2.30. The van der Waals surface area contributed by atoms with E-state index >= 15 is 0 Å². The van der Waals surface area contributed by atoms with Gasteiger partial charge in [0.25, 0.3) is 11.5 Å². The molecule has 0 aliphatic carbocycles. The van der Waals surface area contributed by atoms with Gasteiger partial charge >= 0.3 is 0 Å². The second-order valence-electron chi connectivity index (χ2n) is 7.30. The Morgan fingerprint density at radius 1 is 1.12 bits per heavy atom.